The van der Waals surface area contributed by atoms with Gasteiger partial charge in [-0.3, -0.25) is 4.68 Å². The van der Waals surface area contributed by atoms with Gasteiger partial charge in [0.2, 0.25) is 0 Å². The quantitative estimate of drug-likeness (QED) is 0.922. The maximum Gasteiger partial charge on any atom is 0.130 e. The van der Waals surface area contributed by atoms with Crippen LogP contribution in [0.2, 0.25) is 5.15 Å². The fourth-order valence-corrected chi connectivity index (χ4v) is 2.61. The van der Waals surface area contributed by atoms with E-state index in [2.05, 4.69) is 21.0 Å². The number of aliphatic hydroxyl groups is 1. The van der Waals surface area contributed by atoms with E-state index in [-0.39, 0.29) is 12.0 Å². The monoisotopic (exact) mass is 346 g/mol. The summed E-state index contributed by atoms with van der Waals surface area (Å²) in [5.74, 6) is -0.437. The minimum atomic E-state index is -0.960. The number of aliphatic hydroxyl groups excluding tert-OH is 1. The van der Waals surface area contributed by atoms with Crippen molar-refractivity contribution in [2.75, 3.05) is 0 Å². The normalized spacial score (nSPS) is 12.7. The van der Waals surface area contributed by atoms with Gasteiger partial charge in [0.05, 0.1) is 11.8 Å². The zero-order chi connectivity index (χ0) is 14.2. The highest BCUT2D eigenvalue weighted by Crippen LogP contribution is 2.28. The molecule has 102 valence electrons. The van der Waals surface area contributed by atoms with Crippen LogP contribution in [0.1, 0.15) is 22.9 Å². The zero-order valence-corrected chi connectivity index (χ0v) is 12.8. The summed E-state index contributed by atoms with van der Waals surface area (Å²) >= 11 is 9.37. The van der Waals surface area contributed by atoms with Crippen molar-refractivity contribution in [1.82, 2.24) is 9.78 Å². The predicted molar refractivity (Wildman–Crippen MR) is 75.7 cm³/mol. The SMILES string of the molecule is Cc1nn(C)c(Cl)c1CC(O)c1cc(Br)ccc1F. The molecule has 1 aromatic heterocycles. The Kier molecular flexibility index (Phi) is 4.28. The molecule has 0 aliphatic rings. The molecule has 0 spiro atoms. The number of nitrogens with zero attached hydrogens (tertiary/aromatic N) is 2. The molecule has 2 aromatic rings. The molecular formula is C13H13BrClFN2O. The lowest BCUT2D eigenvalue weighted by atomic mass is 10.0. The molecule has 1 atom stereocenters. The van der Waals surface area contributed by atoms with E-state index in [0.717, 1.165) is 15.7 Å². The van der Waals surface area contributed by atoms with Crippen LogP contribution in [0.3, 0.4) is 0 Å². The second-order valence-corrected chi connectivity index (χ2v) is 5.64. The molecule has 1 unspecified atom stereocenters. The summed E-state index contributed by atoms with van der Waals surface area (Å²) in [7, 11) is 1.73. The summed E-state index contributed by atoms with van der Waals surface area (Å²) in [6.07, 6.45) is -0.732. The van der Waals surface area contributed by atoms with E-state index in [1.165, 1.54) is 10.7 Å². The Labute approximate surface area is 124 Å². The lowest BCUT2D eigenvalue weighted by molar-refractivity contribution is 0.173. The number of hydrogen-bond acceptors (Lipinski definition) is 2. The van der Waals surface area contributed by atoms with Gasteiger partial charge >= 0.3 is 0 Å². The van der Waals surface area contributed by atoms with E-state index < -0.39 is 11.9 Å². The molecule has 3 nitrogen and oxygen atoms in total. The van der Waals surface area contributed by atoms with E-state index >= 15 is 0 Å². The van der Waals surface area contributed by atoms with E-state index in [1.54, 1.807) is 19.2 Å². The standard InChI is InChI=1S/C13H13BrClFN2O/c1-7-9(13(15)18(2)17-7)6-12(19)10-5-8(14)3-4-11(10)16/h3-5,12,19H,6H2,1-2H3. The average molecular weight is 348 g/mol. The molecule has 1 heterocycles. The van der Waals surface area contributed by atoms with Crippen LogP contribution in [0.5, 0.6) is 0 Å². The summed E-state index contributed by atoms with van der Waals surface area (Å²) < 4.78 is 16.0. The molecule has 0 aliphatic carbocycles. The number of aryl methyl sites for hydroxylation is 2. The molecule has 1 aromatic carbocycles. The van der Waals surface area contributed by atoms with E-state index in [9.17, 15) is 9.50 Å². The predicted octanol–water partition coefficient (Wildman–Crippen LogP) is 3.56. The van der Waals surface area contributed by atoms with Crippen molar-refractivity contribution in [2.45, 2.75) is 19.4 Å². The van der Waals surface area contributed by atoms with Gasteiger partial charge in [0.15, 0.2) is 0 Å². The van der Waals surface area contributed by atoms with Crippen LogP contribution in [0.4, 0.5) is 4.39 Å². The number of benzene rings is 1. The van der Waals surface area contributed by atoms with Crippen LogP contribution in [0.15, 0.2) is 22.7 Å². The maximum atomic E-state index is 13.7. The Morgan fingerprint density at radius 2 is 2.21 bits per heavy atom. The third kappa shape index (κ3) is 2.99. The minimum absolute atomic E-state index is 0.228. The van der Waals surface area contributed by atoms with Gasteiger partial charge in [0.1, 0.15) is 11.0 Å². The molecule has 0 amide bonds. The number of aromatic nitrogens is 2. The van der Waals surface area contributed by atoms with Gasteiger partial charge in [-0.1, -0.05) is 27.5 Å². The smallest absolute Gasteiger partial charge is 0.130 e. The maximum absolute atomic E-state index is 13.7. The number of halogens is 3. The highest BCUT2D eigenvalue weighted by Gasteiger charge is 2.19. The average Bonchev–Trinajstić information content (AvgIpc) is 2.59. The molecular weight excluding hydrogens is 335 g/mol. The summed E-state index contributed by atoms with van der Waals surface area (Å²) in [6, 6.07) is 4.48. The van der Waals surface area contributed by atoms with Crippen molar-refractivity contribution in [3.63, 3.8) is 0 Å². The molecule has 1 N–H and O–H groups in total. The van der Waals surface area contributed by atoms with Crippen molar-refractivity contribution < 1.29 is 9.50 Å². The summed E-state index contributed by atoms with van der Waals surface area (Å²) in [4.78, 5) is 0. The van der Waals surface area contributed by atoms with E-state index in [1.807, 2.05) is 6.92 Å². The minimum Gasteiger partial charge on any atom is -0.388 e. The summed E-state index contributed by atoms with van der Waals surface area (Å²) in [5.41, 5.74) is 1.71. The first-order chi connectivity index (χ1) is 8.90. The van der Waals surface area contributed by atoms with Crippen LogP contribution in [-0.2, 0) is 13.5 Å². The van der Waals surface area contributed by atoms with Gasteiger partial charge in [-0.25, -0.2) is 4.39 Å². The third-order valence-electron chi connectivity index (χ3n) is 2.98. The van der Waals surface area contributed by atoms with Gasteiger partial charge in [0, 0.05) is 29.1 Å². The molecule has 0 radical (unpaired) electrons. The van der Waals surface area contributed by atoms with Crippen molar-refractivity contribution in [3.8, 4) is 0 Å². The van der Waals surface area contributed by atoms with Crippen LogP contribution < -0.4 is 0 Å². The van der Waals surface area contributed by atoms with Crippen molar-refractivity contribution in [1.29, 1.82) is 0 Å². The molecule has 0 saturated carbocycles. The summed E-state index contributed by atoms with van der Waals surface area (Å²) in [6.45, 7) is 1.81. The Balaban J connectivity index is 2.30. The topological polar surface area (TPSA) is 38.0 Å². The lowest BCUT2D eigenvalue weighted by Gasteiger charge is -2.12. The van der Waals surface area contributed by atoms with Crippen LogP contribution in [0, 0.1) is 12.7 Å². The Morgan fingerprint density at radius 1 is 1.53 bits per heavy atom. The highest BCUT2D eigenvalue weighted by atomic mass is 79.9. The fraction of sp³-hybridized carbons (Fsp3) is 0.308. The van der Waals surface area contributed by atoms with Gasteiger partial charge < -0.3 is 5.11 Å². The van der Waals surface area contributed by atoms with Crippen molar-refractivity contribution in [2.24, 2.45) is 7.05 Å². The van der Waals surface area contributed by atoms with Crippen LogP contribution in [0.25, 0.3) is 0 Å². The largest absolute Gasteiger partial charge is 0.388 e. The first-order valence-corrected chi connectivity index (χ1v) is 6.88. The van der Waals surface area contributed by atoms with Crippen molar-refractivity contribution >= 4 is 27.5 Å². The van der Waals surface area contributed by atoms with E-state index in [4.69, 9.17) is 11.6 Å². The molecule has 0 fully saturated rings. The van der Waals surface area contributed by atoms with Gasteiger partial charge in [-0.2, -0.15) is 5.10 Å². The zero-order valence-electron chi connectivity index (χ0n) is 10.5. The number of rotatable bonds is 3. The fourth-order valence-electron chi connectivity index (χ4n) is 1.98. The molecule has 0 saturated heterocycles. The molecule has 19 heavy (non-hydrogen) atoms. The van der Waals surface area contributed by atoms with Crippen LogP contribution in [-0.4, -0.2) is 14.9 Å². The second-order valence-electron chi connectivity index (χ2n) is 4.36. The molecule has 6 heteroatoms. The second kappa shape index (κ2) is 5.61. The first kappa shape index (κ1) is 14.5. The molecule has 0 aliphatic heterocycles. The lowest BCUT2D eigenvalue weighted by Crippen LogP contribution is -2.05. The highest BCUT2D eigenvalue weighted by molar-refractivity contribution is 9.10. The van der Waals surface area contributed by atoms with Crippen LogP contribution >= 0.6 is 27.5 Å². The van der Waals surface area contributed by atoms with Gasteiger partial charge in [0.25, 0.3) is 0 Å². The van der Waals surface area contributed by atoms with Gasteiger partial charge in [-0.15, -0.1) is 0 Å². The molecule has 2 rings (SSSR count). The molecule has 0 bridgehead atoms. The Hall–Kier alpha value is -0.910. The van der Waals surface area contributed by atoms with Crippen molar-refractivity contribution in [3.05, 3.63) is 50.5 Å². The van der Waals surface area contributed by atoms with E-state index in [0.29, 0.717) is 5.15 Å². The third-order valence-corrected chi connectivity index (χ3v) is 3.95. The Bertz CT molecular complexity index is 615. The first-order valence-electron chi connectivity index (χ1n) is 5.71. The Morgan fingerprint density at radius 3 is 2.79 bits per heavy atom. The summed E-state index contributed by atoms with van der Waals surface area (Å²) in [5, 5.41) is 14.8. The number of hydrogen-bond donors (Lipinski definition) is 1. The van der Waals surface area contributed by atoms with Gasteiger partial charge in [-0.05, 0) is 25.1 Å².